The van der Waals surface area contributed by atoms with Gasteiger partial charge in [-0.3, -0.25) is 4.57 Å². The van der Waals surface area contributed by atoms with E-state index in [1.54, 1.807) is 0 Å². The Morgan fingerprint density at radius 1 is 0.658 bits per heavy atom. The lowest BCUT2D eigenvalue weighted by Crippen LogP contribution is -2.13. The first-order chi connectivity index (χ1) is 18.1. The normalized spacial score (nSPS) is 13.6. The smallest absolute Gasteiger partial charge is 0.152 e. The number of aromatic nitrogens is 3. The minimum absolute atomic E-state index is 0.0786. The molecule has 4 nitrogen and oxygen atoms in total. The van der Waals surface area contributed by atoms with Crippen LogP contribution in [0.25, 0.3) is 44.2 Å². The summed E-state index contributed by atoms with van der Waals surface area (Å²) in [5.41, 5.74) is 9.52. The molecule has 3 heterocycles. The fraction of sp³-hybridized carbons (Fsp3) is 0.265. The van der Waals surface area contributed by atoms with Gasteiger partial charge in [-0.1, -0.05) is 65.8 Å². The van der Waals surface area contributed by atoms with Crippen LogP contribution in [0.3, 0.4) is 0 Å². The van der Waals surface area contributed by atoms with Crippen molar-refractivity contribution in [1.82, 2.24) is 14.1 Å². The van der Waals surface area contributed by atoms with Gasteiger partial charge in [0.2, 0.25) is 0 Å². The maximum Gasteiger partial charge on any atom is 0.152 e. The van der Waals surface area contributed by atoms with Gasteiger partial charge < -0.3 is 9.30 Å². The quantitative estimate of drug-likeness (QED) is 0.227. The van der Waals surface area contributed by atoms with E-state index in [9.17, 15) is 0 Å². The van der Waals surface area contributed by atoms with Gasteiger partial charge in [0, 0.05) is 16.8 Å². The van der Waals surface area contributed by atoms with Gasteiger partial charge in [-0.2, -0.15) is 0 Å². The molecule has 1 aliphatic rings. The van der Waals surface area contributed by atoms with Crippen molar-refractivity contribution in [3.63, 3.8) is 0 Å². The maximum absolute atomic E-state index is 6.27. The number of hydrogen-bond acceptors (Lipinski definition) is 2. The van der Waals surface area contributed by atoms with Crippen LogP contribution < -0.4 is 4.74 Å². The zero-order valence-corrected chi connectivity index (χ0v) is 23.0. The predicted octanol–water partition coefficient (Wildman–Crippen LogP) is 8.61. The molecular formula is C34H33N3O. The Labute approximate surface area is 223 Å². The number of rotatable bonds is 1. The largest absolute Gasteiger partial charge is 0.483 e. The zero-order valence-electron chi connectivity index (χ0n) is 23.0. The van der Waals surface area contributed by atoms with Gasteiger partial charge in [0.15, 0.2) is 5.82 Å². The first-order valence-corrected chi connectivity index (χ1v) is 13.4. The second kappa shape index (κ2) is 7.73. The average molecular weight is 500 g/mol. The van der Waals surface area contributed by atoms with E-state index >= 15 is 0 Å². The summed E-state index contributed by atoms with van der Waals surface area (Å²) in [5, 5.41) is 2.58. The monoisotopic (exact) mass is 499 g/mol. The van der Waals surface area contributed by atoms with Crippen LogP contribution in [0.1, 0.15) is 58.5 Å². The predicted molar refractivity (Wildman–Crippen MR) is 157 cm³/mol. The number of para-hydroxylation sites is 2. The Hall–Kier alpha value is -4.05. The fourth-order valence-electron chi connectivity index (χ4n) is 5.76. The van der Waals surface area contributed by atoms with E-state index in [1.807, 2.05) is 6.07 Å². The molecule has 2 aromatic heterocycles. The molecule has 0 N–H and O–H groups in total. The van der Waals surface area contributed by atoms with Crippen LogP contribution in [0.5, 0.6) is 5.75 Å². The highest BCUT2D eigenvalue weighted by atomic mass is 16.5. The van der Waals surface area contributed by atoms with Crippen molar-refractivity contribution in [1.29, 1.82) is 0 Å². The van der Waals surface area contributed by atoms with Crippen molar-refractivity contribution in [2.75, 3.05) is 0 Å². The highest BCUT2D eigenvalue weighted by Crippen LogP contribution is 2.40. The Bertz CT molecular complexity index is 1820. The van der Waals surface area contributed by atoms with E-state index in [-0.39, 0.29) is 10.8 Å². The third-order valence-electron chi connectivity index (χ3n) is 7.93. The van der Waals surface area contributed by atoms with E-state index in [2.05, 4.69) is 123 Å². The molecule has 190 valence electrons. The molecule has 1 aliphatic heterocycles. The van der Waals surface area contributed by atoms with Crippen LogP contribution in [0.15, 0.2) is 78.9 Å². The van der Waals surface area contributed by atoms with Crippen LogP contribution in [0, 0.1) is 0 Å². The van der Waals surface area contributed by atoms with E-state index < -0.39 is 0 Å². The number of ether oxygens (including phenoxy) is 1. The van der Waals surface area contributed by atoms with Crippen molar-refractivity contribution in [3.8, 4) is 17.1 Å². The molecule has 0 radical (unpaired) electrons. The van der Waals surface area contributed by atoms with Gasteiger partial charge in [-0.05, 0) is 70.5 Å². The fourth-order valence-corrected chi connectivity index (χ4v) is 5.76. The van der Waals surface area contributed by atoms with Crippen LogP contribution in [-0.4, -0.2) is 14.1 Å². The van der Waals surface area contributed by atoms with E-state index in [0.29, 0.717) is 6.61 Å². The van der Waals surface area contributed by atoms with Gasteiger partial charge in [0.1, 0.15) is 12.4 Å². The second-order valence-corrected chi connectivity index (χ2v) is 12.6. The lowest BCUT2D eigenvalue weighted by Gasteiger charge is -2.22. The van der Waals surface area contributed by atoms with Crippen molar-refractivity contribution >= 4 is 32.8 Å². The molecule has 0 fully saturated rings. The van der Waals surface area contributed by atoms with Gasteiger partial charge in [-0.15, -0.1) is 0 Å². The molecule has 4 heteroatoms. The number of hydrogen-bond donors (Lipinski definition) is 0. The standard InChI is InChI=1S/C34H33N3O/c1-33(2,3)21-11-14-27-24(17-21)25-18-22(34(4,5)6)12-15-28(25)36(27)23-13-16-30-31(19-23)38-20-32-35-26-9-7-8-10-29(26)37(30)32/h7-19H,20H2,1-6H3. The van der Waals surface area contributed by atoms with E-state index in [0.717, 1.165) is 34.0 Å². The minimum atomic E-state index is 0.0786. The molecule has 38 heavy (non-hydrogen) atoms. The first-order valence-electron chi connectivity index (χ1n) is 13.4. The Balaban J connectivity index is 1.48. The Kier molecular flexibility index (Phi) is 4.70. The topological polar surface area (TPSA) is 32.0 Å². The van der Waals surface area contributed by atoms with Crippen LogP contribution in [-0.2, 0) is 17.4 Å². The number of benzene rings is 4. The first kappa shape index (κ1) is 23.1. The van der Waals surface area contributed by atoms with Gasteiger partial charge in [0.05, 0.1) is 33.4 Å². The highest BCUT2D eigenvalue weighted by molar-refractivity contribution is 6.10. The summed E-state index contributed by atoms with van der Waals surface area (Å²) in [6.45, 7) is 14.1. The molecule has 4 aromatic carbocycles. The molecule has 0 aliphatic carbocycles. The number of nitrogens with zero attached hydrogens (tertiary/aromatic N) is 3. The molecule has 0 bridgehead atoms. The Morgan fingerprint density at radius 2 is 1.29 bits per heavy atom. The molecule has 0 amide bonds. The summed E-state index contributed by atoms with van der Waals surface area (Å²) in [7, 11) is 0. The molecule has 6 aromatic rings. The maximum atomic E-state index is 6.27. The minimum Gasteiger partial charge on any atom is -0.483 e. The molecule has 0 unspecified atom stereocenters. The van der Waals surface area contributed by atoms with Crippen LogP contribution in [0.4, 0.5) is 0 Å². The molecule has 0 atom stereocenters. The summed E-state index contributed by atoms with van der Waals surface area (Å²) >= 11 is 0. The number of imidazole rings is 1. The molecule has 7 rings (SSSR count). The lowest BCUT2D eigenvalue weighted by molar-refractivity contribution is 0.280. The second-order valence-electron chi connectivity index (χ2n) is 12.6. The molecular weight excluding hydrogens is 466 g/mol. The van der Waals surface area contributed by atoms with Crippen molar-refractivity contribution in [2.45, 2.75) is 59.0 Å². The molecule has 0 saturated carbocycles. The summed E-state index contributed by atoms with van der Waals surface area (Å²) in [4.78, 5) is 4.79. The van der Waals surface area contributed by atoms with Crippen molar-refractivity contribution < 1.29 is 4.74 Å². The molecule has 0 spiro atoms. The highest BCUT2D eigenvalue weighted by Gasteiger charge is 2.24. The summed E-state index contributed by atoms with van der Waals surface area (Å²) in [6, 6.07) is 28.8. The zero-order chi connectivity index (χ0) is 26.4. The SMILES string of the molecule is CC(C)(C)c1ccc2c(c1)c1cc(C(C)(C)C)ccc1n2-c1ccc2c(c1)OCc1nc3ccccc3n1-2. The van der Waals surface area contributed by atoms with E-state index in [1.165, 1.54) is 32.9 Å². The van der Waals surface area contributed by atoms with Crippen LogP contribution >= 0.6 is 0 Å². The average Bonchev–Trinajstić information content (AvgIpc) is 3.42. The van der Waals surface area contributed by atoms with E-state index in [4.69, 9.17) is 9.72 Å². The summed E-state index contributed by atoms with van der Waals surface area (Å²) in [6.07, 6.45) is 0. The third kappa shape index (κ3) is 3.39. The Morgan fingerprint density at radius 3 is 1.92 bits per heavy atom. The van der Waals surface area contributed by atoms with Gasteiger partial charge >= 0.3 is 0 Å². The van der Waals surface area contributed by atoms with Crippen LogP contribution in [0.2, 0.25) is 0 Å². The number of fused-ring (bicyclic) bond motifs is 8. The van der Waals surface area contributed by atoms with Gasteiger partial charge in [-0.25, -0.2) is 4.98 Å². The lowest BCUT2D eigenvalue weighted by atomic mass is 9.85. The summed E-state index contributed by atoms with van der Waals surface area (Å²) in [5.74, 6) is 1.82. The third-order valence-corrected chi connectivity index (χ3v) is 7.93. The van der Waals surface area contributed by atoms with Gasteiger partial charge in [0.25, 0.3) is 0 Å². The molecule has 0 saturated heterocycles. The summed E-state index contributed by atoms with van der Waals surface area (Å²) < 4.78 is 10.9. The van der Waals surface area contributed by atoms with Crippen molar-refractivity contribution in [2.24, 2.45) is 0 Å². The van der Waals surface area contributed by atoms with Crippen molar-refractivity contribution in [3.05, 3.63) is 95.8 Å².